The number of esters is 1. The normalized spacial score (nSPS) is 8.73. The van der Waals surface area contributed by atoms with E-state index in [0.29, 0.717) is 19.4 Å². The molecule has 0 aromatic rings. The Bertz CT molecular complexity index is 146. The average molecular weight is 156 g/mol. The summed E-state index contributed by atoms with van der Waals surface area (Å²) in [4.78, 5) is 10.7. The first kappa shape index (κ1) is 9.99. The molecule has 0 saturated heterocycles. The summed E-state index contributed by atoms with van der Waals surface area (Å²) in [6.07, 6.45) is 5.93. The summed E-state index contributed by atoms with van der Waals surface area (Å²) in [5, 5.41) is 0. The van der Waals surface area contributed by atoms with E-state index < -0.39 is 0 Å². The first-order valence-electron chi connectivity index (χ1n) is 3.39. The lowest BCUT2D eigenvalue weighted by atomic mass is 10.3. The van der Waals surface area contributed by atoms with Crippen molar-refractivity contribution in [3.63, 3.8) is 0 Å². The number of carbonyl (C=O) groups is 1. The molecule has 0 radical (unpaired) electrons. The van der Waals surface area contributed by atoms with Crippen molar-refractivity contribution in [2.75, 3.05) is 20.3 Å². The minimum absolute atomic E-state index is 0.0613. The van der Waals surface area contributed by atoms with Crippen molar-refractivity contribution < 1.29 is 14.3 Å². The van der Waals surface area contributed by atoms with Gasteiger partial charge < -0.3 is 9.47 Å². The zero-order chi connectivity index (χ0) is 8.53. The molecule has 0 bridgehead atoms. The molecule has 0 spiro atoms. The molecule has 0 saturated carbocycles. The van der Waals surface area contributed by atoms with E-state index in [4.69, 9.17) is 11.2 Å². The Morgan fingerprint density at radius 2 is 2.36 bits per heavy atom. The number of ether oxygens (including phenoxy) is 2. The number of rotatable bonds is 5. The van der Waals surface area contributed by atoms with Gasteiger partial charge in [-0.2, -0.15) is 0 Å². The molecule has 3 heteroatoms. The standard InChI is InChI=1S/C8H12O3/c1-3-6-11-8(9)5-4-7-10-2/h1H,4-7H2,2H3. The zero-order valence-electron chi connectivity index (χ0n) is 6.63. The third-order valence-electron chi connectivity index (χ3n) is 1.05. The quantitative estimate of drug-likeness (QED) is 0.332. The van der Waals surface area contributed by atoms with Gasteiger partial charge in [0.2, 0.25) is 0 Å². The van der Waals surface area contributed by atoms with Crippen molar-refractivity contribution in [2.45, 2.75) is 12.8 Å². The largest absolute Gasteiger partial charge is 0.452 e. The van der Waals surface area contributed by atoms with Gasteiger partial charge >= 0.3 is 5.97 Å². The van der Waals surface area contributed by atoms with Gasteiger partial charge in [0.15, 0.2) is 6.61 Å². The average Bonchev–Trinajstić information content (AvgIpc) is 2.01. The lowest BCUT2D eigenvalue weighted by Gasteiger charge is -1.99. The van der Waals surface area contributed by atoms with Crippen molar-refractivity contribution in [1.29, 1.82) is 0 Å². The molecular formula is C8H12O3. The molecule has 0 rings (SSSR count). The molecule has 0 aromatic carbocycles. The monoisotopic (exact) mass is 156 g/mol. The third kappa shape index (κ3) is 6.88. The maximum atomic E-state index is 10.7. The van der Waals surface area contributed by atoms with Crippen molar-refractivity contribution >= 4 is 5.97 Å². The van der Waals surface area contributed by atoms with Gasteiger partial charge in [-0.3, -0.25) is 4.79 Å². The Morgan fingerprint density at radius 1 is 1.64 bits per heavy atom. The first-order valence-corrected chi connectivity index (χ1v) is 3.39. The molecule has 11 heavy (non-hydrogen) atoms. The molecule has 0 amide bonds. The Balaban J connectivity index is 3.17. The van der Waals surface area contributed by atoms with Gasteiger partial charge in [-0.05, 0) is 6.42 Å². The first-order chi connectivity index (χ1) is 5.31. The van der Waals surface area contributed by atoms with Crippen LogP contribution in [0.2, 0.25) is 0 Å². The van der Waals surface area contributed by atoms with Crippen LogP contribution in [0.15, 0.2) is 0 Å². The van der Waals surface area contributed by atoms with Gasteiger partial charge in [0.1, 0.15) is 0 Å². The molecular weight excluding hydrogens is 144 g/mol. The van der Waals surface area contributed by atoms with E-state index in [1.807, 2.05) is 0 Å². The Morgan fingerprint density at radius 3 is 2.91 bits per heavy atom. The second kappa shape index (κ2) is 7.10. The maximum absolute atomic E-state index is 10.7. The molecule has 0 fully saturated rings. The maximum Gasteiger partial charge on any atom is 0.306 e. The van der Waals surface area contributed by atoms with Crippen LogP contribution in [0.5, 0.6) is 0 Å². The van der Waals surface area contributed by atoms with Crippen LogP contribution >= 0.6 is 0 Å². The number of terminal acetylenes is 1. The van der Waals surface area contributed by atoms with E-state index in [-0.39, 0.29) is 12.6 Å². The second-order valence-corrected chi connectivity index (χ2v) is 1.96. The number of methoxy groups -OCH3 is 1. The van der Waals surface area contributed by atoms with Gasteiger partial charge in [-0.1, -0.05) is 5.92 Å². The van der Waals surface area contributed by atoms with Crippen molar-refractivity contribution in [1.82, 2.24) is 0 Å². The Hall–Kier alpha value is -1.01. The fourth-order valence-corrected chi connectivity index (χ4v) is 0.555. The Kier molecular flexibility index (Phi) is 6.45. The summed E-state index contributed by atoms with van der Waals surface area (Å²) in [6.45, 7) is 0.636. The van der Waals surface area contributed by atoms with Gasteiger partial charge in [0, 0.05) is 20.1 Å². The molecule has 3 nitrogen and oxygen atoms in total. The van der Waals surface area contributed by atoms with Crippen LogP contribution < -0.4 is 0 Å². The lowest BCUT2D eigenvalue weighted by molar-refractivity contribution is -0.142. The number of hydrogen-bond donors (Lipinski definition) is 0. The van der Waals surface area contributed by atoms with E-state index >= 15 is 0 Å². The lowest BCUT2D eigenvalue weighted by Crippen LogP contribution is -2.05. The van der Waals surface area contributed by atoms with E-state index in [9.17, 15) is 4.79 Å². The molecule has 0 aromatic heterocycles. The molecule has 0 heterocycles. The van der Waals surface area contributed by atoms with Crippen LogP contribution in [-0.2, 0) is 14.3 Å². The molecule has 62 valence electrons. The van der Waals surface area contributed by atoms with Gasteiger partial charge in [0.25, 0.3) is 0 Å². The van der Waals surface area contributed by atoms with Crippen molar-refractivity contribution in [2.24, 2.45) is 0 Å². The Labute approximate surface area is 66.7 Å². The molecule has 0 aliphatic heterocycles. The summed E-state index contributed by atoms with van der Waals surface area (Å²) in [5.41, 5.74) is 0. The van der Waals surface area contributed by atoms with Crippen LogP contribution in [0.1, 0.15) is 12.8 Å². The number of hydrogen-bond acceptors (Lipinski definition) is 3. The highest BCUT2D eigenvalue weighted by Gasteiger charge is 1.99. The topological polar surface area (TPSA) is 35.5 Å². The fourth-order valence-electron chi connectivity index (χ4n) is 0.555. The second-order valence-electron chi connectivity index (χ2n) is 1.96. The van der Waals surface area contributed by atoms with Crippen LogP contribution in [0.4, 0.5) is 0 Å². The summed E-state index contributed by atoms with van der Waals surface area (Å²) in [7, 11) is 1.59. The molecule has 0 N–H and O–H groups in total. The van der Waals surface area contributed by atoms with Crippen LogP contribution in [0, 0.1) is 12.3 Å². The van der Waals surface area contributed by atoms with Crippen LogP contribution in [0.25, 0.3) is 0 Å². The number of carbonyl (C=O) groups excluding carboxylic acids is 1. The predicted octanol–water partition coefficient (Wildman–Crippen LogP) is 0.589. The highest BCUT2D eigenvalue weighted by molar-refractivity contribution is 5.69. The third-order valence-corrected chi connectivity index (χ3v) is 1.05. The minimum Gasteiger partial charge on any atom is -0.452 e. The van der Waals surface area contributed by atoms with E-state index in [1.165, 1.54) is 0 Å². The van der Waals surface area contributed by atoms with Crippen molar-refractivity contribution in [3.05, 3.63) is 0 Å². The summed E-state index contributed by atoms with van der Waals surface area (Å²) < 4.78 is 9.36. The van der Waals surface area contributed by atoms with E-state index in [1.54, 1.807) is 7.11 Å². The van der Waals surface area contributed by atoms with Gasteiger partial charge in [-0.15, -0.1) is 6.42 Å². The molecule has 0 atom stereocenters. The summed E-state index contributed by atoms with van der Waals surface area (Å²) in [5.74, 6) is 1.95. The predicted molar refractivity (Wildman–Crippen MR) is 40.9 cm³/mol. The fraction of sp³-hybridized carbons (Fsp3) is 0.625. The van der Waals surface area contributed by atoms with Gasteiger partial charge in [0.05, 0.1) is 0 Å². The smallest absolute Gasteiger partial charge is 0.306 e. The van der Waals surface area contributed by atoms with E-state index in [0.717, 1.165) is 0 Å². The molecule has 0 aliphatic rings. The summed E-state index contributed by atoms with van der Waals surface area (Å²) >= 11 is 0. The van der Waals surface area contributed by atoms with Gasteiger partial charge in [-0.25, -0.2) is 0 Å². The molecule has 0 unspecified atom stereocenters. The zero-order valence-corrected chi connectivity index (χ0v) is 6.63. The molecule has 0 aliphatic carbocycles. The van der Waals surface area contributed by atoms with Crippen molar-refractivity contribution in [3.8, 4) is 12.3 Å². The summed E-state index contributed by atoms with van der Waals surface area (Å²) in [6, 6.07) is 0. The van der Waals surface area contributed by atoms with E-state index in [2.05, 4.69) is 10.7 Å². The minimum atomic E-state index is -0.264. The SMILES string of the molecule is C#CCOC(=O)CCCOC. The highest BCUT2D eigenvalue weighted by atomic mass is 16.5. The highest BCUT2D eigenvalue weighted by Crippen LogP contribution is 1.92. The van der Waals surface area contributed by atoms with Crippen LogP contribution in [-0.4, -0.2) is 26.3 Å². The van der Waals surface area contributed by atoms with Crippen LogP contribution in [0.3, 0.4) is 0 Å².